The summed E-state index contributed by atoms with van der Waals surface area (Å²) < 4.78 is 84.9. The lowest BCUT2D eigenvalue weighted by atomic mass is 10.1. The largest absolute Gasteiger partial charge is 0.798 e. The van der Waals surface area contributed by atoms with Crippen molar-refractivity contribution in [2.24, 2.45) is 0 Å². The van der Waals surface area contributed by atoms with Crippen molar-refractivity contribution >= 4 is 61.2 Å². The number of aliphatic hydroxyl groups is 4. The van der Waals surface area contributed by atoms with Gasteiger partial charge in [0.25, 0.3) is 5.56 Å². The van der Waals surface area contributed by atoms with E-state index in [1.54, 1.807) is 0 Å². The van der Waals surface area contributed by atoms with Crippen LogP contribution in [0.3, 0.4) is 0 Å². The van der Waals surface area contributed by atoms with E-state index in [0.717, 1.165) is 19.0 Å². The number of nitrogens with one attached hydrogen (secondary N) is 1. The number of hydrogen-bond acceptors (Lipinski definition) is 22. The van der Waals surface area contributed by atoms with Crippen molar-refractivity contribution in [3.05, 3.63) is 35.7 Å². The van der Waals surface area contributed by atoms with Crippen LogP contribution >= 0.6 is 33.0 Å². The first kappa shape index (κ1) is 35.5. The van der Waals surface area contributed by atoms with Gasteiger partial charge in [0.15, 0.2) is 48.0 Å². The second-order valence-corrected chi connectivity index (χ2v) is 14.2. The van der Waals surface area contributed by atoms with E-state index in [9.17, 15) is 43.5 Å². The van der Waals surface area contributed by atoms with Crippen LogP contribution in [-0.4, -0.2) is 109 Å². The summed E-state index contributed by atoms with van der Waals surface area (Å²) in [5.41, 5.74) is 5.62. The normalized spacial score (nSPS) is 28.3. The molecule has 0 aliphatic carbocycles. The minimum Gasteiger partial charge on any atom is -0.387 e. The van der Waals surface area contributed by atoms with E-state index in [2.05, 4.69) is 42.8 Å². The number of fused-ring (bicyclic) bond motifs is 2. The van der Waals surface area contributed by atoms with E-state index in [4.69, 9.17) is 24.3 Å². The SMILES string of the molecule is Nc1ncnc2c1ncn2[C@H]1O[C@@H](CO[P+](=O)O[P+](=O)O[P+](=O)O[P+](=O)OC[C@H]2O[C@@H](n3cnc4c(=O)[nH]cnc43)[C@H](O)[C@@H]2O)[C@H](O)[C@@H]1O. The number of ether oxygens (including phenoxy) is 2. The minimum atomic E-state index is -3.45. The van der Waals surface area contributed by atoms with E-state index in [1.165, 1.54) is 15.5 Å². The minimum absolute atomic E-state index is 0.0483. The van der Waals surface area contributed by atoms with Crippen LogP contribution in [0, 0.1) is 0 Å². The molecule has 4 aromatic rings. The highest BCUT2D eigenvalue weighted by molar-refractivity contribution is 7.56. The number of nitrogen functional groups attached to an aromatic ring is 1. The Morgan fingerprint density at radius 3 is 1.76 bits per heavy atom. The van der Waals surface area contributed by atoms with Gasteiger partial charge in [0.1, 0.15) is 61.7 Å². The lowest BCUT2D eigenvalue weighted by Crippen LogP contribution is -2.33. The third-order valence-electron chi connectivity index (χ3n) is 7.06. The molecule has 0 amide bonds. The van der Waals surface area contributed by atoms with Crippen LogP contribution in [0.1, 0.15) is 12.5 Å². The highest BCUT2D eigenvalue weighted by Gasteiger charge is 2.56. The summed E-state index contributed by atoms with van der Waals surface area (Å²) in [7, 11) is -13.4. The van der Waals surface area contributed by atoms with Crippen molar-refractivity contribution in [1.29, 1.82) is 0 Å². The zero-order valence-corrected chi connectivity index (χ0v) is 27.6. The van der Waals surface area contributed by atoms with Crippen LogP contribution in [0.5, 0.6) is 0 Å². The molecule has 2 aliphatic heterocycles. The lowest BCUT2D eigenvalue weighted by Gasteiger charge is -2.16. The van der Waals surface area contributed by atoms with Crippen molar-refractivity contribution < 1.29 is 70.1 Å². The second kappa shape index (κ2) is 14.9. The summed E-state index contributed by atoms with van der Waals surface area (Å²) >= 11 is 0. The van der Waals surface area contributed by atoms with E-state index < -0.39 is 101 Å². The number of anilines is 1. The van der Waals surface area contributed by atoms with Gasteiger partial charge in [-0.2, -0.15) is 0 Å². The number of nitrogens with zero attached hydrogens (tertiary/aromatic N) is 7. The molecule has 0 spiro atoms. The molecule has 4 aromatic heterocycles. The summed E-state index contributed by atoms with van der Waals surface area (Å²) in [4.78, 5) is 34.0. The van der Waals surface area contributed by atoms with Crippen molar-refractivity contribution in [2.45, 2.75) is 49.1 Å². The molecule has 29 heteroatoms. The summed E-state index contributed by atoms with van der Waals surface area (Å²) in [5.74, 6) is 0.0708. The third-order valence-corrected chi connectivity index (χ3v) is 11.0. The average molecular weight is 769 g/mol. The van der Waals surface area contributed by atoms with Crippen LogP contribution in [0.4, 0.5) is 5.82 Å². The molecular formula is C20H23N9O16P4+4. The number of H-pyrrole nitrogens is 1. The highest BCUT2D eigenvalue weighted by Crippen LogP contribution is 2.51. The van der Waals surface area contributed by atoms with Gasteiger partial charge in [-0.25, -0.2) is 24.9 Å². The summed E-state index contributed by atoms with van der Waals surface area (Å²) in [6.45, 7) is -1.31. The Morgan fingerprint density at radius 2 is 1.20 bits per heavy atom. The predicted octanol–water partition coefficient (Wildman–Crippen LogP) is -0.507. The number of aromatic nitrogens is 8. The maximum absolute atomic E-state index is 12.1. The summed E-state index contributed by atoms with van der Waals surface area (Å²) in [5, 5.41) is 41.7. The molecule has 2 aliphatic rings. The Labute approximate surface area is 274 Å². The molecule has 4 unspecified atom stereocenters. The standard InChI is InChI=1S/C20H22N9O16P4/c21-15-9-16(23-3-22-15)28(5-26-9)19-13(32)11(30)7(41-19)1-39-46(35)43-48(37)45-49(38)44-47(36)40-2-8-12(31)14(33)20(42-8)29-6-27-10-17(29)24-4-25-18(10)34/h3-8,11-14,19-20,30-33H,1-2H2,(H2-,21,22,23,24,25,34)/q+3/p+1/t7-,8+,11-,12+,13-,14+,19-,20+/m0/s1. The molecule has 12 atom stereocenters. The molecule has 0 bridgehead atoms. The third kappa shape index (κ3) is 7.42. The van der Waals surface area contributed by atoms with Crippen LogP contribution in [0.25, 0.3) is 22.3 Å². The lowest BCUT2D eigenvalue weighted by molar-refractivity contribution is -0.0475. The monoisotopic (exact) mass is 769 g/mol. The number of nitrogens with two attached hydrogens (primary N) is 1. The fourth-order valence-electron chi connectivity index (χ4n) is 4.81. The second-order valence-electron chi connectivity index (χ2n) is 9.96. The zero-order valence-electron chi connectivity index (χ0n) is 24.0. The van der Waals surface area contributed by atoms with Crippen molar-refractivity contribution in [3.8, 4) is 0 Å². The summed E-state index contributed by atoms with van der Waals surface area (Å²) in [6.07, 6.45) is -6.55. The smallest absolute Gasteiger partial charge is 0.387 e. The fraction of sp³-hybridized carbons (Fsp3) is 0.500. The number of hydrogen-bond donors (Lipinski definition) is 6. The first-order chi connectivity index (χ1) is 23.4. The van der Waals surface area contributed by atoms with Crippen molar-refractivity contribution in [2.75, 3.05) is 18.9 Å². The predicted molar refractivity (Wildman–Crippen MR) is 155 cm³/mol. The molecule has 6 heterocycles. The van der Waals surface area contributed by atoms with Crippen LogP contribution in [0.15, 0.2) is 30.1 Å². The molecule has 0 radical (unpaired) electrons. The van der Waals surface area contributed by atoms with Crippen molar-refractivity contribution in [3.63, 3.8) is 0 Å². The first-order valence-electron chi connectivity index (χ1n) is 13.5. The number of imidazole rings is 2. The van der Waals surface area contributed by atoms with Gasteiger partial charge in [-0.1, -0.05) is 0 Å². The fourth-order valence-corrected chi connectivity index (χ4v) is 7.80. The molecular weight excluding hydrogens is 746 g/mol. The van der Waals surface area contributed by atoms with Gasteiger partial charge in [-0.3, -0.25) is 13.9 Å². The topological polar surface area (TPSA) is 347 Å². The number of aromatic amines is 1. The van der Waals surface area contributed by atoms with E-state index >= 15 is 0 Å². The van der Waals surface area contributed by atoms with Gasteiger partial charge in [0.2, 0.25) is 0 Å². The van der Waals surface area contributed by atoms with E-state index in [-0.39, 0.29) is 28.1 Å². The number of rotatable bonds is 14. The molecule has 0 saturated carbocycles. The zero-order chi connectivity index (χ0) is 35.0. The maximum Gasteiger partial charge on any atom is 0.798 e. The maximum atomic E-state index is 12.1. The Bertz CT molecular complexity index is 1980. The average Bonchev–Trinajstić information content (AvgIpc) is 3.81. The first-order valence-corrected chi connectivity index (χ1v) is 17.9. The molecule has 25 nitrogen and oxygen atoms in total. The van der Waals surface area contributed by atoms with Gasteiger partial charge in [0.05, 0.1) is 19.0 Å². The van der Waals surface area contributed by atoms with Gasteiger partial charge in [-0.15, -0.1) is 9.05 Å². The van der Waals surface area contributed by atoms with Crippen LogP contribution < -0.4 is 11.3 Å². The van der Waals surface area contributed by atoms with Crippen molar-refractivity contribution in [1.82, 2.24) is 39.0 Å². The van der Waals surface area contributed by atoms with Gasteiger partial charge < -0.3 is 40.6 Å². The van der Waals surface area contributed by atoms with Gasteiger partial charge in [0, 0.05) is 18.3 Å². The molecule has 2 saturated heterocycles. The Kier molecular flexibility index (Phi) is 10.8. The van der Waals surface area contributed by atoms with Crippen LogP contribution in [-0.2, 0) is 49.7 Å². The Morgan fingerprint density at radius 1 is 0.714 bits per heavy atom. The molecule has 7 N–H and O–H groups in total. The highest BCUT2D eigenvalue weighted by atomic mass is 31.2. The summed E-state index contributed by atoms with van der Waals surface area (Å²) in [6, 6.07) is 0. The molecule has 260 valence electrons. The van der Waals surface area contributed by atoms with Gasteiger partial charge in [-0.05, 0) is 0 Å². The quantitative estimate of drug-likeness (QED) is 0.0880. The Hall–Kier alpha value is -3.34. The molecule has 6 rings (SSSR count). The molecule has 49 heavy (non-hydrogen) atoms. The van der Waals surface area contributed by atoms with E-state index in [1.807, 2.05) is 0 Å². The van der Waals surface area contributed by atoms with E-state index in [0.29, 0.717) is 0 Å². The molecule has 2 fully saturated rings. The number of aliphatic hydroxyl groups excluding tert-OH is 4. The van der Waals surface area contributed by atoms with Gasteiger partial charge >= 0.3 is 33.0 Å². The van der Waals surface area contributed by atoms with Crippen LogP contribution in [0.2, 0.25) is 0 Å². The Balaban J connectivity index is 0.925. The molecule has 0 aromatic carbocycles.